The van der Waals surface area contributed by atoms with Gasteiger partial charge in [0, 0.05) is 25.8 Å². The highest BCUT2D eigenvalue weighted by Crippen LogP contribution is 2.42. The van der Waals surface area contributed by atoms with E-state index in [9.17, 15) is 19.8 Å². The van der Waals surface area contributed by atoms with Crippen LogP contribution in [0, 0.1) is 6.92 Å². The number of aliphatic hydroxyl groups is 1. The second-order valence-electron chi connectivity index (χ2n) is 8.42. The summed E-state index contributed by atoms with van der Waals surface area (Å²) < 4.78 is 16.0. The first kappa shape index (κ1) is 25.1. The van der Waals surface area contributed by atoms with E-state index in [0.717, 1.165) is 5.56 Å². The van der Waals surface area contributed by atoms with E-state index in [-0.39, 0.29) is 35.5 Å². The Bertz CT molecular complexity index is 1110. The Morgan fingerprint density at radius 1 is 1.09 bits per heavy atom. The van der Waals surface area contributed by atoms with Gasteiger partial charge in [0.2, 0.25) is 0 Å². The van der Waals surface area contributed by atoms with Crippen LogP contribution in [-0.4, -0.2) is 60.3 Å². The molecule has 2 aromatic rings. The molecule has 0 saturated carbocycles. The largest absolute Gasteiger partial charge is 0.507 e. The molecule has 1 saturated heterocycles. The monoisotopic (exact) mass is 469 g/mol. The Labute approximate surface area is 199 Å². The lowest BCUT2D eigenvalue weighted by atomic mass is 9.94. The highest BCUT2D eigenvalue weighted by molar-refractivity contribution is 6.46. The van der Waals surface area contributed by atoms with Gasteiger partial charge in [-0.1, -0.05) is 6.07 Å². The number of aromatic hydroxyl groups is 1. The fraction of sp³-hybridized carbons (Fsp3) is 0.385. The highest BCUT2D eigenvalue weighted by Gasteiger charge is 2.46. The van der Waals surface area contributed by atoms with Crippen molar-refractivity contribution in [1.82, 2.24) is 4.90 Å². The third-order valence-electron chi connectivity index (χ3n) is 5.62. The predicted molar refractivity (Wildman–Crippen MR) is 127 cm³/mol. The van der Waals surface area contributed by atoms with Gasteiger partial charge in [-0.25, -0.2) is 0 Å². The van der Waals surface area contributed by atoms with Crippen LogP contribution >= 0.6 is 0 Å². The van der Waals surface area contributed by atoms with Gasteiger partial charge in [0.1, 0.15) is 11.5 Å². The van der Waals surface area contributed by atoms with Crippen molar-refractivity contribution in [2.45, 2.75) is 39.3 Å². The molecule has 0 aromatic heterocycles. The molecule has 1 unspecified atom stereocenters. The van der Waals surface area contributed by atoms with Crippen LogP contribution in [0.25, 0.3) is 5.76 Å². The first-order valence-electron chi connectivity index (χ1n) is 11.1. The summed E-state index contributed by atoms with van der Waals surface area (Å²) in [5.41, 5.74) is 1.62. The summed E-state index contributed by atoms with van der Waals surface area (Å²) in [4.78, 5) is 27.5. The summed E-state index contributed by atoms with van der Waals surface area (Å²) in [6, 6.07) is 8.89. The van der Waals surface area contributed by atoms with E-state index < -0.39 is 17.7 Å². The van der Waals surface area contributed by atoms with Crippen molar-refractivity contribution < 1.29 is 34.0 Å². The molecule has 1 fully saturated rings. The third kappa shape index (κ3) is 5.02. The van der Waals surface area contributed by atoms with Crippen LogP contribution in [-0.2, 0) is 14.3 Å². The van der Waals surface area contributed by atoms with Gasteiger partial charge in [0.15, 0.2) is 11.5 Å². The summed E-state index contributed by atoms with van der Waals surface area (Å²) in [6.07, 6.45) is 0.487. The number of ether oxygens (including phenoxy) is 3. The molecule has 3 rings (SSSR count). The van der Waals surface area contributed by atoms with E-state index in [1.54, 1.807) is 37.4 Å². The maximum atomic E-state index is 13.1. The number of nitrogens with zero attached hydrogens (tertiary/aromatic N) is 1. The molecule has 182 valence electrons. The molecule has 8 nitrogen and oxygen atoms in total. The number of phenolic OH excluding ortho intramolecular Hbond substituents is 1. The Morgan fingerprint density at radius 2 is 1.79 bits per heavy atom. The summed E-state index contributed by atoms with van der Waals surface area (Å²) in [5, 5.41) is 21.6. The number of aliphatic hydroxyl groups excluding tert-OH is 1. The first-order valence-corrected chi connectivity index (χ1v) is 11.1. The average molecular weight is 470 g/mol. The van der Waals surface area contributed by atoms with E-state index in [1.807, 2.05) is 20.8 Å². The number of Topliss-reactive ketones (excluding diaryl/α,β-unsaturated/α-hetero) is 1. The number of aryl methyl sites for hydroxylation is 1. The van der Waals surface area contributed by atoms with Crippen LogP contribution in [0.1, 0.15) is 43.0 Å². The number of ketones is 1. The van der Waals surface area contributed by atoms with Gasteiger partial charge in [0.25, 0.3) is 11.7 Å². The van der Waals surface area contributed by atoms with Crippen LogP contribution in [0.2, 0.25) is 0 Å². The van der Waals surface area contributed by atoms with Crippen LogP contribution in [0.5, 0.6) is 17.2 Å². The van der Waals surface area contributed by atoms with Gasteiger partial charge in [-0.2, -0.15) is 0 Å². The minimum atomic E-state index is -0.874. The van der Waals surface area contributed by atoms with Crippen molar-refractivity contribution in [1.29, 1.82) is 0 Å². The second kappa shape index (κ2) is 10.6. The van der Waals surface area contributed by atoms with Crippen molar-refractivity contribution in [2.24, 2.45) is 0 Å². The average Bonchev–Trinajstić information content (AvgIpc) is 3.04. The molecule has 0 bridgehead atoms. The van der Waals surface area contributed by atoms with E-state index >= 15 is 0 Å². The summed E-state index contributed by atoms with van der Waals surface area (Å²) >= 11 is 0. The van der Waals surface area contributed by atoms with Crippen molar-refractivity contribution in [3.63, 3.8) is 0 Å². The van der Waals surface area contributed by atoms with Gasteiger partial charge >= 0.3 is 0 Å². The molecule has 1 amide bonds. The Kier molecular flexibility index (Phi) is 7.83. The zero-order valence-electron chi connectivity index (χ0n) is 20.1. The Hall–Kier alpha value is -3.52. The van der Waals surface area contributed by atoms with Crippen molar-refractivity contribution in [3.8, 4) is 17.2 Å². The van der Waals surface area contributed by atoms with Crippen LogP contribution in [0.3, 0.4) is 0 Å². The normalized spacial score (nSPS) is 17.5. The Morgan fingerprint density at radius 3 is 2.38 bits per heavy atom. The van der Waals surface area contributed by atoms with Crippen molar-refractivity contribution in [2.75, 3.05) is 27.4 Å². The number of hydrogen-bond donors (Lipinski definition) is 2. The fourth-order valence-electron chi connectivity index (χ4n) is 4.05. The van der Waals surface area contributed by atoms with E-state index in [2.05, 4.69) is 0 Å². The van der Waals surface area contributed by atoms with E-state index in [4.69, 9.17) is 14.2 Å². The highest BCUT2D eigenvalue weighted by atomic mass is 16.5. The zero-order chi connectivity index (χ0) is 25.0. The number of methoxy groups -OCH3 is 2. The number of amides is 1. The number of phenols is 1. The molecule has 8 heteroatoms. The van der Waals surface area contributed by atoms with Gasteiger partial charge in [-0.3, -0.25) is 9.59 Å². The molecule has 2 aromatic carbocycles. The van der Waals surface area contributed by atoms with Crippen LogP contribution < -0.4 is 9.47 Å². The molecule has 0 spiro atoms. The van der Waals surface area contributed by atoms with Gasteiger partial charge < -0.3 is 29.3 Å². The standard InChI is InChI=1S/C26H31NO7/c1-15(2)34-20-9-8-18(13-16(20)3)24(29)22-23(17-7-10-21(33-5)19(28)14-17)27(11-6-12-32-4)26(31)25(22)30/h7-10,13-15,23,28-29H,6,11-12H2,1-5H3/b24-22-. The van der Waals surface area contributed by atoms with Gasteiger partial charge in [-0.15, -0.1) is 0 Å². The smallest absolute Gasteiger partial charge is 0.295 e. The summed E-state index contributed by atoms with van der Waals surface area (Å²) in [5.74, 6) is -0.981. The second-order valence-corrected chi connectivity index (χ2v) is 8.42. The quantitative estimate of drug-likeness (QED) is 0.248. The molecule has 0 aliphatic carbocycles. The summed E-state index contributed by atoms with van der Waals surface area (Å²) in [6.45, 7) is 6.33. The lowest BCUT2D eigenvalue weighted by molar-refractivity contribution is -0.140. The number of rotatable bonds is 9. The van der Waals surface area contributed by atoms with Gasteiger partial charge in [0.05, 0.1) is 24.8 Å². The van der Waals surface area contributed by atoms with E-state index in [0.29, 0.717) is 29.9 Å². The molecule has 2 N–H and O–H groups in total. The minimum Gasteiger partial charge on any atom is -0.507 e. The van der Waals surface area contributed by atoms with Crippen molar-refractivity contribution >= 4 is 17.4 Å². The number of benzene rings is 2. The predicted octanol–water partition coefficient (Wildman–Crippen LogP) is 3.95. The lowest BCUT2D eigenvalue weighted by Crippen LogP contribution is -2.31. The fourth-order valence-corrected chi connectivity index (χ4v) is 4.05. The summed E-state index contributed by atoms with van der Waals surface area (Å²) in [7, 11) is 2.99. The number of carbonyl (C=O) groups excluding carboxylic acids is 2. The molecular formula is C26H31NO7. The molecule has 1 atom stereocenters. The molecular weight excluding hydrogens is 438 g/mol. The van der Waals surface area contributed by atoms with Crippen LogP contribution in [0.4, 0.5) is 0 Å². The maximum absolute atomic E-state index is 13.1. The number of carbonyl (C=O) groups is 2. The van der Waals surface area contributed by atoms with Crippen LogP contribution in [0.15, 0.2) is 42.0 Å². The Balaban J connectivity index is 2.12. The molecule has 1 aliphatic heterocycles. The minimum absolute atomic E-state index is 0.0154. The van der Waals surface area contributed by atoms with Crippen molar-refractivity contribution in [3.05, 3.63) is 58.7 Å². The first-order chi connectivity index (χ1) is 16.2. The lowest BCUT2D eigenvalue weighted by Gasteiger charge is -2.25. The number of likely N-dealkylation sites (tertiary alicyclic amines) is 1. The van der Waals surface area contributed by atoms with Gasteiger partial charge in [-0.05, 0) is 68.7 Å². The van der Waals surface area contributed by atoms with E-state index in [1.165, 1.54) is 18.1 Å². The topological polar surface area (TPSA) is 106 Å². The molecule has 1 heterocycles. The molecule has 0 radical (unpaired) electrons. The molecule has 1 aliphatic rings. The zero-order valence-corrected chi connectivity index (χ0v) is 20.1. The number of hydrogen-bond acceptors (Lipinski definition) is 7. The molecule has 34 heavy (non-hydrogen) atoms. The SMILES string of the molecule is COCCCN1C(=O)C(=O)/C(=C(\O)c2ccc(OC(C)C)c(C)c2)C1c1ccc(OC)c(O)c1. The maximum Gasteiger partial charge on any atom is 0.295 e. The third-order valence-corrected chi connectivity index (χ3v) is 5.62.